The molecule has 19 rings (SSSR count). The van der Waals surface area contributed by atoms with E-state index >= 15 is 0 Å². The number of esters is 1. The molecule has 10 heterocycles. The highest BCUT2D eigenvalue weighted by Gasteiger charge is 2.40. The minimum absolute atomic E-state index is 0.114. The normalized spacial score (nSPS) is 13.9. The summed E-state index contributed by atoms with van der Waals surface area (Å²) < 4.78 is 38.0. The number of rotatable bonds is 38. The average Bonchev–Trinajstić information content (AvgIpc) is 1.39. The zero-order valence-corrected chi connectivity index (χ0v) is 70.7. The number of ether oxygens (including phenoxy) is 6. The quantitative estimate of drug-likeness (QED) is 0.0209. The summed E-state index contributed by atoms with van der Waals surface area (Å²) in [5.41, 5.74) is 8.92. The van der Waals surface area contributed by atoms with Gasteiger partial charge in [-0.25, -0.2) is 0 Å². The number of hydrogen-bond donors (Lipinski definition) is 0. The van der Waals surface area contributed by atoms with Crippen LogP contribution < -0.4 is 0 Å². The summed E-state index contributed by atoms with van der Waals surface area (Å²) in [6.45, 7) is 16.9. The largest absolute Gasteiger partial charge is 0.461 e. The molecule has 1 fully saturated rings. The Labute approximate surface area is 706 Å². The zero-order chi connectivity index (χ0) is 82.0. The molecule has 0 spiro atoms. The van der Waals surface area contributed by atoms with Crippen molar-refractivity contribution in [3.05, 3.63) is 277 Å². The maximum atomic E-state index is 13.8. The number of fused-ring (bicyclic) bond motifs is 2. The first-order valence-electron chi connectivity index (χ1n) is 44.1. The number of allylic oxidation sites excluding steroid dienone is 2. The van der Waals surface area contributed by atoms with E-state index in [1.54, 1.807) is 0 Å². The topological polar surface area (TPSA) is 124 Å². The molecule has 2 aliphatic carbocycles. The van der Waals surface area contributed by atoms with Crippen LogP contribution in [0.4, 0.5) is 0 Å². The van der Waals surface area contributed by atoms with Gasteiger partial charge in [0.2, 0.25) is 0 Å². The van der Waals surface area contributed by atoms with Gasteiger partial charge in [-0.2, -0.15) is 0 Å². The molecular weight excluding hydrogens is 1470 g/mol. The monoisotopic (exact) mass is 1580 g/mol. The second-order valence-corrected chi connectivity index (χ2v) is 32.3. The maximum Gasteiger partial charge on any atom is 0.309 e. The third kappa shape index (κ3) is 26.6. The lowest BCUT2D eigenvalue weighted by molar-refractivity contribution is -0.150. The molecule has 3 atom stereocenters. The van der Waals surface area contributed by atoms with Crippen molar-refractivity contribution in [2.24, 2.45) is 17.8 Å². The van der Waals surface area contributed by atoms with Gasteiger partial charge < -0.3 is 28.4 Å². The van der Waals surface area contributed by atoms with E-state index in [9.17, 15) is 4.79 Å². The highest BCUT2D eigenvalue weighted by Crippen LogP contribution is 2.44. The van der Waals surface area contributed by atoms with Crippen LogP contribution in [0.2, 0.25) is 0 Å². The van der Waals surface area contributed by atoms with E-state index in [0.29, 0.717) is 72.0 Å². The minimum Gasteiger partial charge on any atom is -0.461 e. The van der Waals surface area contributed by atoms with E-state index in [4.69, 9.17) is 48.4 Å². The van der Waals surface area contributed by atoms with Crippen LogP contribution in [0, 0.1) is 66.3 Å². The summed E-state index contributed by atoms with van der Waals surface area (Å²) >= 11 is 0. The van der Waals surface area contributed by atoms with Crippen LogP contribution in [0.15, 0.2) is 195 Å². The van der Waals surface area contributed by atoms with Crippen molar-refractivity contribution in [1.82, 2.24) is 19.9 Å². The fraction of sp³-hybridized carbons (Fsp3) is 0.380. The van der Waals surface area contributed by atoms with E-state index < -0.39 is 0 Å². The third-order valence-electron chi connectivity index (χ3n) is 22.3. The van der Waals surface area contributed by atoms with Gasteiger partial charge in [-0.05, 0) is 245 Å². The summed E-state index contributed by atoms with van der Waals surface area (Å²) in [5.74, 6) is 0.402. The molecule has 7 aromatic carbocycles. The van der Waals surface area contributed by atoms with E-state index in [1.807, 2.05) is 49.1 Å². The second kappa shape index (κ2) is 45.9. The number of benzene rings is 6. The fourth-order valence-corrected chi connectivity index (χ4v) is 15.8. The van der Waals surface area contributed by atoms with Gasteiger partial charge in [-0.1, -0.05) is 216 Å². The van der Waals surface area contributed by atoms with Crippen LogP contribution in [0.1, 0.15) is 209 Å². The molecule has 0 radical (unpaired) electrons. The minimum atomic E-state index is -0.149. The van der Waals surface area contributed by atoms with Crippen LogP contribution in [0.3, 0.4) is 0 Å². The number of pyridine rings is 4. The third-order valence-corrected chi connectivity index (χ3v) is 22.3. The highest BCUT2D eigenvalue weighted by atomic mass is 16.5. The Balaban J connectivity index is 0.967. The molecule has 22 bridgehead atoms. The molecule has 0 saturated heterocycles. The molecule has 17 aromatic rings. The first kappa shape index (κ1) is 86.0. The summed E-state index contributed by atoms with van der Waals surface area (Å²) in [4.78, 5) is 34.1. The van der Waals surface area contributed by atoms with Crippen LogP contribution in [0.25, 0.3) is 108 Å². The van der Waals surface area contributed by atoms with Gasteiger partial charge in [0.25, 0.3) is 0 Å². The standard InChI is InChI=1S/C108H116N4O7/c1-6-11-16-21-44-114-73-88-51-79-26-30-83-55-90(75-116-46-23-18-13-8-3)64-99(60-83)95-36-40-104(109-69-95)105-41-37-96(70-110-105)100-62-85(57-92(65-100)77-118-48-25-20-15-10-5)32-28-81-50-82(54-89(53-81)74-115-45-22-17-12-7-2)29-33-86-58-93(78-119-108(113)103-68-87-34-35-94(103)59-87)67-102(63-86)98-39-43-107(112-72-98)106-42-38-97(71-111-106)101-61-84(31-27-80(49-79)52-88)56-91(66-101)76-117-47-24-19-14-9-4/h34-43,49-58,60-67,69-72,87,94,103H,6-25,44-48,59,68,73-78H2,1-5H3/t87-,94+,103?/m1/s1. The molecule has 119 heavy (non-hydrogen) atoms. The number of hydrogen-bond acceptors (Lipinski definition) is 11. The number of carbonyl (C=O) groups excluding carboxylic acids is 1. The van der Waals surface area contributed by atoms with Gasteiger partial charge in [-0.15, -0.1) is 0 Å². The second-order valence-electron chi connectivity index (χ2n) is 32.3. The van der Waals surface area contributed by atoms with E-state index in [0.717, 1.165) is 225 Å². The Bertz CT molecular complexity index is 5620. The maximum absolute atomic E-state index is 13.8. The van der Waals surface area contributed by atoms with Gasteiger partial charge in [0.1, 0.15) is 6.61 Å². The first-order valence-corrected chi connectivity index (χ1v) is 44.1. The average molecular weight is 1580 g/mol. The summed E-state index contributed by atoms with van der Waals surface area (Å²) in [6.07, 6.45) is 36.5. The molecule has 610 valence electrons. The molecule has 0 N–H and O–H groups in total. The molecule has 2 aliphatic rings. The number of carbonyl (C=O) groups is 1. The summed E-state index contributed by atoms with van der Waals surface area (Å²) in [7, 11) is 0. The van der Waals surface area contributed by atoms with E-state index in [-0.39, 0.29) is 24.4 Å². The smallest absolute Gasteiger partial charge is 0.309 e. The van der Waals surface area contributed by atoms with Gasteiger partial charge >= 0.3 is 5.97 Å². The van der Waals surface area contributed by atoms with Crippen LogP contribution in [-0.2, 0) is 72.9 Å². The summed E-state index contributed by atoms with van der Waals surface area (Å²) in [6, 6.07) is 83.5. The van der Waals surface area contributed by atoms with Crippen molar-refractivity contribution in [2.45, 2.75) is 216 Å². The Morgan fingerprint density at radius 1 is 0.286 bits per heavy atom. The van der Waals surface area contributed by atoms with Gasteiger partial charge in [0.05, 0.1) is 61.0 Å². The Morgan fingerprint density at radius 3 is 0.782 bits per heavy atom. The van der Waals surface area contributed by atoms with Crippen molar-refractivity contribution in [2.75, 3.05) is 33.0 Å². The fourth-order valence-electron chi connectivity index (χ4n) is 15.8. The van der Waals surface area contributed by atoms with Crippen LogP contribution in [-0.4, -0.2) is 58.9 Å². The molecule has 0 amide bonds. The molecule has 1 saturated carbocycles. The number of unbranched alkanes of at least 4 members (excludes halogenated alkanes) is 15. The molecular formula is C108H116N4O7. The molecule has 0 aliphatic heterocycles. The SMILES string of the molecule is CCCCCCOCc1cc2c#cc3cc(COCCCCCC)cc(c3)c3ccc(nc3)c3ccc(cn3)c3cc(COCCCCCC)cc(c#cc4cc(COCCCCCC)cc(c#cc5cc(COC(=O)C6C[C@@H]7C=C[C@H]6C7)cc(c5)c5ccc(nc5)c5ccc(cn5)c5cc(COCCCCCC)cc(c#cc(c1)c2)c5)c4)c3. The Hall–Kier alpha value is -10.8. The van der Waals surface area contributed by atoms with E-state index in [2.05, 4.69) is 229 Å². The highest BCUT2D eigenvalue weighted by molar-refractivity contribution is 5.92. The predicted octanol–water partition coefficient (Wildman–Crippen LogP) is 27.1. The zero-order valence-electron chi connectivity index (χ0n) is 70.7. The lowest BCUT2D eigenvalue weighted by atomic mass is 9.94. The Morgan fingerprint density at radius 2 is 0.546 bits per heavy atom. The Kier molecular flexibility index (Phi) is 33.2. The molecule has 10 aromatic heterocycles. The van der Waals surface area contributed by atoms with Crippen molar-refractivity contribution in [3.8, 4) is 0 Å². The van der Waals surface area contributed by atoms with E-state index in [1.165, 1.54) is 57.8 Å². The molecule has 1 unspecified atom stereocenters. The van der Waals surface area contributed by atoms with Gasteiger partial charge in [0.15, 0.2) is 0 Å². The van der Waals surface area contributed by atoms with Crippen molar-refractivity contribution >= 4 is 114 Å². The number of nitrogens with zero attached hydrogens (tertiary/aromatic N) is 4. The van der Waals surface area contributed by atoms with Gasteiger partial charge in [0, 0.05) is 122 Å². The van der Waals surface area contributed by atoms with Crippen molar-refractivity contribution in [1.29, 1.82) is 0 Å². The van der Waals surface area contributed by atoms with Gasteiger partial charge in [-0.3, -0.25) is 24.7 Å². The first-order chi connectivity index (χ1) is 58.6. The molecule has 11 heteroatoms. The van der Waals surface area contributed by atoms with Crippen molar-refractivity contribution in [3.63, 3.8) is 0 Å². The van der Waals surface area contributed by atoms with Crippen molar-refractivity contribution < 1.29 is 33.2 Å². The summed E-state index contributed by atoms with van der Waals surface area (Å²) in [5, 5.41) is 14.3. The predicted molar refractivity (Wildman–Crippen MR) is 488 cm³/mol. The number of aromatic nitrogens is 4. The molecule has 11 nitrogen and oxygen atoms in total. The lowest BCUT2D eigenvalue weighted by Gasteiger charge is -2.16. The van der Waals surface area contributed by atoms with Crippen LogP contribution in [0.5, 0.6) is 0 Å². The van der Waals surface area contributed by atoms with Crippen LogP contribution >= 0.6 is 0 Å². The lowest BCUT2D eigenvalue weighted by Crippen LogP contribution is -2.21.